The molecule has 0 saturated heterocycles. The van der Waals surface area contributed by atoms with Crippen molar-refractivity contribution in [2.45, 2.75) is 26.7 Å². The van der Waals surface area contributed by atoms with Gasteiger partial charge in [0.2, 0.25) is 0 Å². The van der Waals surface area contributed by atoms with Crippen LogP contribution in [-0.2, 0) is 7.05 Å². The van der Waals surface area contributed by atoms with E-state index in [1.54, 1.807) is 22.4 Å². The molecule has 0 fully saturated rings. The van der Waals surface area contributed by atoms with Gasteiger partial charge in [-0.3, -0.25) is 9.13 Å². The molecule has 5 heteroatoms. The fraction of sp³-hybridized carbons (Fsp3) is 0.368. The molecule has 1 aromatic carbocycles. The van der Waals surface area contributed by atoms with Crippen LogP contribution in [0, 0.1) is 0 Å². The Morgan fingerprint density at radius 2 is 1.67 bits per heavy atom. The van der Waals surface area contributed by atoms with Crippen LogP contribution in [0.25, 0.3) is 16.7 Å². The Bertz CT molecular complexity index is 871. The molecule has 2 aromatic heterocycles. The number of aryl methyl sites for hydroxylation is 1. The molecule has 126 valence electrons. The quantitative estimate of drug-likeness (QED) is 0.698. The highest BCUT2D eigenvalue weighted by molar-refractivity contribution is 5.78. The van der Waals surface area contributed by atoms with Crippen molar-refractivity contribution in [1.29, 1.82) is 0 Å². The predicted molar refractivity (Wildman–Crippen MR) is 99.1 cm³/mol. The van der Waals surface area contributed by atoms with Crippen molar-refractivity contribution in [2.24, 2.45) is 7.05 Å². The van der Waals surface area contributed by atoms with Crippen LogP contribution in [0.15, 0.2) is 47.4 Å². The highest BCUT2D eigenvalue weighted by atomic mass is 16.1. The number of hydrogen-bond donors (Lipinski definition) is 0. The Hall–Kier alpha value is -2.56. The maximum atomic E-state index is 12.6. The van der Waals surface area contributed by atoms with Gasteiger partial charge in [0.05, 0.1) is 22.9 Å². The predicted octanol–water partition coefficient (Wildman–Crippen LogP) is 3.35. The van der Waals surface area contributed by atoms with Crippen LogP contribution in [0.3, 0.4) is 0 Å². The molecule has 0 radical (unpaired) electrons. The average Bonchev–Trinajstić information content (AvgIpc) is 2.86. The zero-order valence-electron chi connectivity index (χ0n) is 14.6. The van der Waals surface area contributed by atoms with E-state index in [1.165, 1.54) is 0 Å². The van der Waals surface area contributed by atoms with Gasteiger partial charge in [0.25, 0.3) is 0 Å². The van der Waals surface area contributed by atoms with E-state index in [9.17, 15) is 4.79 Å². The number of rotatable bonds is 6. The summed E-state index contributed by atoms with van der Waals surface area (Å²) in [5.74, 6) is 0.968. The molecule has 3 aromatic rings. The van der Waals surface area contributed by atoms with Crippen molar-refractivity contribution in [2.75, 3.05) is 18.0 Å². The SMILES string of the molecule is CCCN(CCC)c1ccc(-n2c(=O)n(C)c3ccccc32)cn1. The lowest BCUT2D eigenvalue weighted by molar-refractivity contribution is 0.733. The molecule has 0 amide bonds. The van der Waals surface area contributed by atoms with E-state index in [0.29, 0.717) is 0 Å². The minimum Gasteiger partial charge on any atom is -0.357 e. The van der Waals surface area contributed by atoms with E-state index < -0.39 is 0 Å². The van der Waals surface area contributed by atoms with Gasteiger partial charge in [-0.15, -0.1) is 0 Å². The molecule has 3 rings (SSSR count). The standard InChI is InChI=1S/C19H24N4O/c1-4-12-22(13-5-2)18-11-10-15(14-20-18)23-17-9-7-6-8-16(17)21(3)19(23)24/h6-11,14H,4-5,12-13H2,1-3H3. The molecular weight excluding hydrogens is 300 g/mol. The second-order valence-electron chi connectivity index (χ2n) is 6.03. The lowest BCUT2D eigenvalue weighted by Gasteiger charge is -2.22. The number of fused-ring (bicyclic) bond motifs is 1. The molecule has 24 heavy (non-hydrogen) atoms. The van der Waals surface area contributed by atoms with E-state index in [2.05, 4.69) is 23.7 Å². The van der Waals surface area contributed by atoms with Crippen molar-refractivity contribution in [3.05, 3.63) is 53.1 Å². The molecule has 0 unspecified atom stereocenters. The number of aromatic nitrogens is 3. The molecule has 0 spiro atoms. The highest BCUT2D eigenvalue weighted by Crippen LogP contribution is 2.19. The van der Waals surface area contributed by atoms with Gasteiger partial charge >= 0.3 is 5.69 Å². The van der Waals surface area contributed by atoms with Crippen molar-refractivity contribution in [3.63, 3.8) is 0 Å². The van der Waals surface area contributed by atoms with Crippen LogP contribution in [0.2, 0.25) is 0 Å². The van der Waals surface area contributed by atoms with Crippen molar-refractivity contribution >= 4 is 16.9 Å². The molecule has 0 aliphatic heterocycles. The summed E-state index contributed by atoms with van der Waals surface area (Å²) in [6, 6.07) is 11.8. The summed E-state index contributed by atoms with van der Waals surface area (Å²) < 4.78 is 3.39. The first-order valence-electron chi connectivity index (χ1n) is 8.55. The molecule has 0 bridgehead atoms. The Morgan fingerprint density at radius 1 is 1.00 bits per heavy atom. The summed E-state index contributed by atoms with van der Waals surface area (Å²) in [5.41, 5.74) is 2.57. The summed E-state index contributed by atoms with van der Waals surface area (Å²) in [6.45, 7) is 6.34. The number of anilines is 1. The van der Waals surface area contributed by atoms with Gasteiger partial charge in [0, 0.05) is 20.1 Å². The van der Waals surface area contributed by atoms with Gasteiger partial charge in [-0.25, -0.2) is 9.78 Å². The third-order valence-electron chi connectivity index (χ3n) is 4.26. The number of hydrogen-bond acceptors (Lipinski definition) is 3. The topological polar surface area (TPSA) is 43.1 Å². The highest BCUT2D eigenvalue weighted by Gasteiger charge is 2.13. The molecule has 2 heterocycles. The number of benzene rings is 1. The van der Waals surface area contributed by atoms with Crippen molar-refractivity contribution in [3.8, 4) is 5.69 Å². The molecule has 5 nitrogen and oxygen atoms in total. The Balaban J connectivity index is 2.03. The third-order valence-corrected chi connectivity index (χ3v) is 4.26. The van der Waals surface area contributed by atoms with Crippen molar-refractivity contribution < 1.29 is 0 Å². The first-order valence-corrected chi connectivity index (χ1v) is 8.55. The number of pyridine rings is 1. The molecular formula is C19H24N4O. The summed E-state index contributed by atoms with van der Waals surface area (Å²) in [7, 11) is 1.80. The van der Waals surface area contributed by atoms with Gasteiger partial charge in [-0.2, -0.15) is 0 Å². The Morgan fingerprint density at radius 3 is 2.25 bits per heavy atom. The number of imidazole rings is 1. The van der Waals surface area contributed by atoms with Crippen LogP contribution < -0.4 is 10.6 Å². The second kappa shape index (κ2) is 6.91. The molecule has 0 atom stereocenters. The van der Waals surface area contributed by atoms with E-state index in [-0.39, 0.29) is 5.69 Å². The molecule has 0 aliphatic rings. The smallest absolute Gasteiger partial charge is 0.333 e. The zero-order valence-corrected chi connectivity index (χ0v) is 14.6. The largest absolute Gasteiger partial charge is 0.357 e. The summed E-state index contributed by atoms with van der Waals surface area (Å²) >= 11 is 0. The number of nitrogens with zero attached hydrogens (tertiary/aromatic N) is 4. The van der Waals surface area contributed by atoms with E-state index >= 15 is 0 Å². The molecule has 0 aliphatic carbocycles. The third kappa shape index (κ3) is 2.82. The van der Waals surface area contributed by atoms with Crippen LogP contribution in [-0.4, -0.2) is 27.2 Å². The molecule has 0 saturated carbocycles. The summed E-state index contributed by atoms with van der Waals surface area (Å²) in [5, 5.41) is 0. The van der Waals surface area contributed by atoms with Gasteiger partial charge < -0.3 is 4.90 Å². The van der Waals surface area contributed by atoms with Gasteiger partial charge in [-0.1, -0.05) is 26.0 Å². The lowest BCUT2D eigenvalue weighted by Crippen LogP contribution is -2.26. The van der Waals surface area contributed by atoms with Crippen LogP contribution in [0.1, 0.15) is 26.7 Å². The first-order chi connectivity index (χ1) is 11.7. The first kappa shape index (κ1) is 16.3. The zero-order chi connectivity index (χ0) is 17.1. The normalized spacial score (nSPS) is 11.1. The van der Waals surface area contributed by atoms with Crippen molar-refractivity contribution in [1.82, 2.24) is 14.1 Å². The fourth-order valence-corrected chi connectivity index (χ4v) is 3.12. The van der Waals surface area contributed by atoms with E-state index in [0.717, 1.165) is 48.5 Å². The van der Waals surface area contributed by atoms with E-state index in [4.69, 9.17) is 0 Å². The van der Waals surface area contributed by atoms with E-state index in [1.807, 2.05) is 36.4 Å². The minimum atomic E-state index is -0.0512. The maximum Gasteiger partial charge on any atom is 0.333 e. The maximum absolute atomic E-state index is 12.6. The van der Waals surface area contributed by atoms with Crippen LogP contribution in [0.5, 0.6) is 0 Å². The number of para-hydroxylation sites is 2. The van der Waals surface area contributed by atoms with Crippen LogP contribution in [0.4, 0.5) is 5.82 Å². The fourth-order valence-electron chi connectivity index (χ4n) is 3.12. The average molecular weight is 324 g/mol. The second-order valence-corrected chi connectivity index (χ2v) is 6.03. The van der Waals surface area contributed by atoms with Crippen LogP contribution >= 0.6 is 0 Å². The lowest BCUT2D eigenvalue weighted by atomic mass is 10.3. The van der Waals surface area contributed by atoms with Gasteiger partial charge in [0.15, 0.2) is 0 Å². The van der Waals surface area contributed by atoms with Gasteiger partial charge in [-0.05, 0) is 37.1 Å². The minimum absolute atomic E-state index is 0.0512. The Kier molecular flexibility index (Phi) is 4.69. The monoisotopic (exact) mass is 324 g/mol. The Labute approximate surface area is 142 Å². The molecule has 0 N–H and O–H groups in total. The van der Waals surface area contributed by atoms with Gasteiger partial charge in [0.1, 0.15) is 5.82 Å². The summed E-state index contributed by atoms with van der Waals surface area (Å²) in [6.07, 6.45) is 3.97. The summed E-state index contributed by atoms with van der Waals surface area (Å²) in [4.78, 5) is 19.5.